The van der Waals surface area contributed by atoms with Crippen LogP contribution < -0.4 is 11.0 Å². The fourth-order valence-corrected chi connectivity index (χ4v) is 2.49. The molecule has 1 aliphatic rings. The largest absolute Gasteiger partial charge is 0.388 e. The van der Waals surface area contributed by atoms with Crippen LogP contribution in [0.1, 0.15) is 16.6 Å². The van der Waals surface area contributed by atoms with E-state index >= 15 is 0 Å². The molecule has 1 aromatic heterocycles. The van der Waals surface area contributed by atoms with E-state index in [9.17, 15) is 24.9 Å². The molecule has 25 heavy (non-hydrogen) atoms. The molecule has 1 aliphatic heterocycles. The number of rotatable bonds is 3. The second-order valence-corrected chi connectivity index (χ2v) is 5.60. The first-order chi connectivity index (χ1) is 12.0. The van der Waals surface area contributed by atoms with Gasteiger partial charge in [-0.05, 0) is 18.2 Å². The molecule has 9 nitrogen and oxygen atoms in total. The number of anilines is 1. The van der Waals surface area contributed by atoms with Gasteiger partial charge in [0.1, 0.15) is 24.1 Å². The highest BCUT2D eigenvalue weighted by molar-refractivity contribution is 6.03. The molecule has 0 bridgehead atoms. The summed E-state index contributed by atoms with van der Waals surface area (Å²) in [7, 11) is 0. The standard InChI is InChI=1S/C16H17N3O6/c20-10-8-25-15(13(22)12(10)21)19-7-6-11(18-16(19)24)17-14(23)9-4-2-1-3-5-9/h1-7,10,12-13,15,20-22H,8H2,(H,17,18,23,24)/t10-,12+,13+,15+/m0/s1. The minimum absolute atomic E-state index is 0.0426. The number of aromatic nitrogens is 2. The molecule has 0 radical (unpaired) electrons. The number of carbonyl (C=O) groups excluding carboxylic acids is 1. The summed E-state index contributed by atoms with van der Waals surface area (Å²) in [4.78, 5) is 27.9. The lowest BCUT2D eigenvalue weighted by Crippen LogP contribution is -2.52. The molecule has 1 aromatic carbocycles. The molecule has 0 spiro atoms. The number of amides is 1. The van der Waals surface area contributed by atoms with Crippen LogP contribution in [-0.2, 0) is 4.74 Å². The molecular formula is C16H17N3O6. The average molecular weight is 347 g/mol. The lowest BCUT2D eigenvalue weighted by atomic mass is 10.0. The third-order valence-corrected chi connectivity index (χ3v) is 3.86. The number of carbonyl (C=O) groups is 1. The quantitative estimate of drug-likeness (QED) is 0.566. The van der Waals surface area contributed by atoms with E-state index in [2.05, 4.69) is 10.3 Å². The summed E-state index contributed by atoms with van der Waals surface area (Å²) in [6.07, 6.45) is -4.07. The van der Waals surface area contributed by atoms with Crippen LogP contribution in [0.2, 0.25) is 0 Å². The molecule has 0 aliphatic carbocycles. The molecule has 2 aromatic rings. The van der Waals surface area contributed by atoms with Gasteiger partial charge in [0, 0.05) is 11.8 Å². The van der Waals surface area contributed by atoms with Gasteiger partial charge in [0.25, 0.3) is 5.91 Å². The molecule has 1 saturated heterocycles. The van der Waals surface area contributed by atoms with Crippen LogP contribution in [-0.4, -0.2) is 55.7 Å². The van der Waals surface area contributed by atoms with Crippen molar-refractivity contribution in [1.82, 2.24) is 9.55 Å². The molecule has 4 atom stereocenters. The highest BCUT2D eigenvalue weighted by atomic mass is 16.5. The van der Waals surface area contributed by atoms with Crippen LogP contribution in [0.25, 0.3) is 0 Å². The van der Waals surface area contributed by atoms with Crippen molar-refractivity contribution < 1.29 is 24.9 Å². The smallest absolute Gasteiger partial charge is 0.351 e. The minimum Gasteiger partial charge on any atom is -0.388 e. The zero-order valence-corrected chi connectivity index (χ0v) is 13.0. The van der Waals surface area contributed by atoms with Gasteiger partial charge >= 0.3 is 5.69 Å². The Kier molecular flexibility index (Phi) is 4.91. The lowest BCUT2D eigenvalue weighted by molar-refractivity contribution is -0.212. The summed E-state index contributed by atoms with van der Waals surface area (Å²) in [5, 5.41) is 31.6. The normalized spacial score (nSPS) is 26.2. The van der Waals surface area contributed by atoms with Crippen molar-refractivity contribution in [3.63, 3.8) is 0 Å². The molecule has 4 N–H and O–H groups in total. The van der Waals surface area contributed by atoms with Crippen molar-refractivity contribution in [1.29, 1.82) is 0 Å². The summed E-state index contributed by atoms with van der Waals surface area (Å²) in [5.41, 5.74) is -0.366. The van der Waals surface area contributed by atoms with Crippen molar-refractivity contribution in [2.45, 2.75) is 24.5 Å². The Bertz CT molecular complexity index is 809. The number of hydrogen-bond donors (Lipinski definition) is 4. The Hall–Kier alpha value is -2.59. The maximum atomic E-state index is 12.2. The van der Waals surface area contributed by atoms with Crippen molar-refractivity contribution in [3.8, 4) is 0 Å². The maximum Gasteiger partial charge on any atom is 0.351 e. The van der Waals surface area contributed by atoms with Gasteiger partial charge in [0.2, 0.25) is 0 Å². The fourth-order valence-electron chi connectivity index (χ4n) is 2.49. The number of hydrogen-bond acceptors (Lipinski definition) is 7. The molecule has 2 heterocycles. The van der Waals surface area contributed by atoms with Gasteiger partial charge in [-0.25, -0.2) is 4.79 Å². The van der Waals surface area contributed by atoms with Gasteiger partial charge < -0.3 is 25.4 Å². The molecule has 1 amide bonds. The first kappa shape index (κ1) is 17.2. The number of aliphatic hydroxyl groups excluding tert-OH is 3. The van der Waals surface area contributed by atoms with E-state index in [-0.39, 0.29) is 12.4 Å². The predicted octanol–water partition coefficient (Wildman–Crippen LogP) is -0.893. The van der Waals surface area contributed by atoms with Gasteiger partial charge in [-0.2, -0.15) is 4.98 Å². The second kappa shape index (κ2) is 7.11. The van der Waals surface area contributed by atoms with Crippen molar-refractivity contribution in [2.75, 3.05) is 11.9 Å². The van der Waals surface area contributed by atoms with Gasteiger partial charge in [-0.3, -0.25) is 9.36 Å². The van der Waals surface area contributed by atoms with E-state index in [0.717, 1.165) is 4.57 Å². The van der Waals surface area contributed by atoms with E-state index < -0.39 is 36.1 Å². The predicted molar refractivity (Wildman–Crippen MR) is 85.9 cm³/mol. The van der Waals surface area contributed by atoms with E-state index in [4.69, 9.17) is 4.74 Å². The Morgan fingerprint density at radius 3 is 2.56 bits per heavy atom. The van der Waals surface area contributed by atoms with Crippen LogP contribution in [0.4, 0.5) is 5.82 Å². The molecule has 9 heteroatoms. The molecule has 132 valence electrons. The lowest BCUT2D eigenvalue weighted by Gasteiger charge is -2.35. The van der Waals surface area contributed by atoms with Crippen LogP contribution >= 0.6 is 0 Å². The summed E-state index contributed by atoms with van der Waals surface area (Å²) in [5.74, 6) is -0.376. The number of nitrogens with zero attached hydrogens (tertiary/aromatic N) is 2. The first-order valence-electron chi connectivity index (χ1n) is 7.59. The SMILES string of the molecule is O=C(Nc1ccn([C@@H]2OC[C@H](O)[C@@H](O)[C@H]2O)c(=O)n1)c1ccccc1. The van der Waals surface area contributed by atoms with Gasteiger partial charge in [0.05, 0.1) is 6.61 Å². The first-order valence-corrected chi connectivity index (χ1v) is 7.59. The Balaban J connectivity index is 1.77. The van der Waals surface area contributed by atoms with Gasteiger partial charge in [0.15, 0.2) is 6.23 Å². The molecule has 1 fully saturated rings. The highest BCUT2D eigenvalue weighted by Crippen LogP contribution is 2.22. The Morgan fingerprint density at radius 1 is 1.16 bits per heavy atom. The fraction of sp³-hybridized carbons (Fsp3) is 0.312. The Labute approximate surface area is 142 Å². The van der Waals surface area contributed by atoms with Crippen LogP contribution in [0, 0.1) is 0 Å². The number of ether oxygens (including phenoxy) is 1. The second-order valence-electron chi connectivity index (χ2n) is 5.60. The zero-order chi connectivity index (χ0) is 18.0. The van der Waals surface area contributed by atoms with Crippen molar-refractivity contribution >= 4 is 11.7 Å². The zero-order valence-electron chi connectivity index (χ0n) is 13.0. The van der Waals surface area contributed by atoms with E-state index in [1.54, 1.807) is 30.3 Å². The average Bonchev–Trinajstić information content (AvgIpc) is 2.61. The van der Waals surface area contributed by atoms with Gasteiger partial charge in [-0.1, -0.05) is 18.2 Å². The third kappa shape index (κ3) is 3.59. The molecule has 0 unspecified atom stereocenters. The van der Waals surface area contributed by atoms with Crippen LogP contribution in [0.15, 0.2) is 47.4 Å². The van der Waals surface area contributed by atoms with E-state index in [0.29, 0.717) is 5.56 Å². The van der Waals surface area contributed by atoms with Crippen LogP contribution in [0.5, 0.6) is 0 Å². The number of aliphatic hydroxyl groups is 3. The monoisotopic (exact) mass is 347 g/mol. The van der Waals surface area contributed by atoms with Crippen LogP contribution in [0.3, 0.4) is 0 Å². The van der Waals surface area contributed by atoms with Crippen molar-refractivity contribution in [2.24, 2.45) is 0 Å². The topological polar surface area (TPSA) is 134 Å². The summed E-state index contributed by atoms with van der Waals surface area (Å²) in [6, 6.07) is 9.81. The van der Waals surface area contributed by atoms with E-state index in [1.807, 2.05) is 0 Å². The number of benzene rings is 1. The maximum absolute atomic E-state index is 12.2. The molecular weight excluding hydrogens is 330 g/mol. The number of nitrogens with one attached hydrogen (secondary N) is 1. The summed E-state index contributed by atoms with van der Waals surface area (Å²) >= 11 is 0. The third-order valence-electron chi connectivity index (χ3n) is 3.86. The van der Waals surface area contributed by atoms with E-state index in [1.165, 1.54) is 12.3 Å². The highest BCUT2D eigenvalue weighted by Gasteiger charge is 2.39. The summed E-state index contributed by atoms with van der Waals surface area (Å²) < 4.78 is 6.19. The van der Waals surface area contributed by atoms with Crippen molar-refractivity contribution in [3.05, 3.63) is 58.6 Å². The molecule has 0 saturated carbocycles. The van der Waals surface area contributed by atoms with Gasteiger partial charge in [-0.15, -0.1) is 0 Å². The Morgan fingerprint density at radius 2 is 1.88 bits per heavy atom. The summed E-state index contributed by atoms with van der Waals surface area (Å²) in [6.45, 7) is -0.234. The molecule has 3 rings (SSSR count). The minimum atomic E-state index is -1.49.